The van der Waals surface area contributed by atoms with Crippen LogP contribution >= 0.6 is 0 Å². The number of para-hydroxylation sites is 1. The second-order valence-corrected chi connectivity index (χ2v) is 8.60. The van der Waals surface area contributed by atoms with Crippen LogP contribution in [0.4, 0.5) is 0 Å². The molecule has 0 saturated heterocycles. The Morgan fingerprint density at radius 2 is 1.69 bits per heavy atom. The van der Waals surface area contributed by atoms with Crippen molar-refractivity contribution < 1.29 is 30.3 Å². The van der Waals surface area contributed by atoms with Gasteiger partial charge in [-0.05, 0) is 17.0 Å². The number of rotatable bonds is 8. The van der Waals surface area contributed by atoms with Crippen LogP contribution in [0.1, 0.15) is 46.1 Å². The first-order valence-corrected chi connectivity index (χ1v) is 9.51. The van der Waals surface area contributed by atoms with E-state index in [0.717, 1.165) is 16.5 Å². The van der Waals surface area contributed by atoms with E-state index in [-0.39, 0.29) is 19.3 Å². The smallest absolute Gasteiger partial charge is 0.362 e. The minimum Gasteiger partial charge on any atom is -0.480 e. The Bertz CT molecular complexity index is 832. The van der Waals surface area contributed by atoms with E-state index in [2.05, 4.69) is 43.7 Å². The van der Waals surface area contributed by atoms with Gasteiger partial charge in [0.05, 0.1) is 0 Å². The topological polar surface area (TPSA) is 147 Å². The van der Waals surface area contributed by atoms with Gasteiger partial charge in [-0.3, -0.25) is 4.79 Å². The number of nitrogens with one attached hydrogen (secondary N) is 2. The summed E-state index contributed by atoms with van der Waals surface area (Å²) in [4.78, 5) is 37.0. The summed E-state index contributed by atoms with van der Waals surface area (Å²) in [5.74, 6) is -2.73. The summed E-state index contributed by atoms with van der Waals surface area (Å²) in [5, 5.41) is 21.4. The van der Waals surface area contributed by atoms with Crippen LogP contribution in [0.25, 0.3) is 10.9 Å². The lowest BCUT2D eigenvalue weighted by molar-refractivity contribution is -0.408. The Balaban J connectivity index is 0.000000749. The molecule has 0 radical (unpaired) electrons. The van der Waals surface area contributed by atoms with Crippen LogP contribution in [0.15, 0.2) is 30.5 Å². The van der Waals surface area contributed by atoms with Crippen molar-refractivity contribution in [1.29, 1.82) is 0 Å². The van der Waals surface area contributed by atoms with E-state index >= 15 is 0 Å². The molecule has 1 heterocycles. The quantitative estimate of drug-likeness (QED) is 0.453. The summed E-state index contributed by atoms with van der Waals surface area (Å²) in [7, 11) is 0. The average molecular weight is 407 g/mol. The zero-order valence-electron chi connectivity index (χ0n) is 17.5. The molecule has 0 fully saturated rings. The maximum Gasteiger partial charge on any atom is 0.362 e. The molecule has 0 saturated carbocycles. The number of aliphatic carboxylic acids is 2. The summed E-state index contributed by atoms with van der Waals surface area (Å²) < 4.78 is 0. The van der Waals surface area contributed by atoms with Gasteiger partial charge in [-0.25, -0.2) is 9.59 Å². The molecule has 0 aliphatic rings. The molecule has 8 heteroatoms. The Labute approximate surface area is 170 Å². The fourth-order valence-electron chi connectivity index (χ4n) is 2.42. The molecule has 8 nitrogen and oxygen atoms in total. The predicted molar refractivity (Wildman–Crippen MR) is 110 cm³/mol. The number of amides is 1. The minimum atomic E-state index is -1.14. The number of carbonyl (C=O) groups excluding carboxylic acids is 1. The molecule has 0 aliphatic heterocycles. The zero-order chi connectivity index (χ0) is 22.2. The van der Waals surface area contributed by atoms with Gasteiger partial charge in [0.25, 0.3) is 0 Å². The maximum atomic E-state index is 11.9. The van der Waals surface area contributed by atoms with E-state index in [4.69, 9.17) is 5.11 Å². The predicted octanol–water partition coefficient (Wildman–Crippen LogP) is 1.81. The molecular formula is C21H32N3O5+. The lowest BCUT2D eigenvalue weighted by atomic mass is 10.0. The Morgan fingerprint density at radius 3 is 2.24 bits per heavy atom. The van der Waals surface area contributed by atoms with Crippen molar-refractivity contribution in [2.75, 3.05) is 0 Å². The maximum absolute atomic E-state index is 11.9. The molecule has 0 unspecified atom stereocenters. The van der Waals surface area contributed by atoms with Crippen molar-refractivity contribution in [3.05, 3.63) is 36.0 Å². The van der Waals surface area contributed by atoms with Gasteiger partial charge in [-0.15, -0.1) is 0 Å². The van der Waals surface area contributed by atoms with Crippen molar-refractivity contribution in [3.63, 3.8) is 0 Å². The van der Waals surface area contributed by atoms with Crippen molar-refractivity contribution in [3.8, 4) is 0 Å². The molecule has 1 aromatic carbocycles. The first-order chi connectivity index (χ1) is 13.4. The number of carbonyl (C=O) groups is 3. The van der Waals surface area contributed by atoms with Crippen molar-refractivity contribution >= 4 is 28.7 Å². The molecule has 160 valence electrons. The van der Waals surface area contributed by atoms with Crippen LogP contribution in [0.3, 0.4) is 0 Å². The number of fused-ring (bicyclic) bond motifs is 1. The molecule has 29 heavy (non-hydrogen) atoms. The molecule has 7 N–H and O–H groups in total. The Morgan fingerprint density at radius 1 is 1.10 bits per heavy atom. The van der Waals surface area contributed by atoms with Gasteiger partial charge in [0, 0.05) is 36.4 Å². The molecule has 0 aliphatic carbocycles. The lowest BCUT2D eigenvalue weighted by Gasteiger charge is -2.14. The van der Waals surface area contributed by atoms with E-state index in [0.29, 0.717) is 5.41 Å². The van der Waals surface area contributed by atoms with Gasteiger partial charge < -0.3 is 26.2 Å². The van der Waals surface area contributed by atoms with Gasteiger partial charge in [0.2, 0.25) is 5.91 Å². The molecule has 0 spiro atoms. The number of aromatic amines is 1. The summed E-state index contributed by atoms with van der Waals surface area (Å²) >= 11 is 0. The number of benzene rings is 1. The standard InChI is InChI=1S/C16H19N3O5.C5H12/c17-11(15(21)22)5-6-14(20)19-13(16(23)24)7-9-8-18-12-4-2-1-3-10(9)12;1-5(2,3)4/h1-4,8,11,13,18H,5-7,17H2,(H,19,20)(H,21,22)(H,23,24);1-4H3/p+1/t11-,13-;/m1./s1. The van der Waals surface area contributed by atoms with Crippen molar-refractivity contribution in [1.82, 2.24) is 10.3 Å². The van der Waals surface area contributed by atoms with E-state index in [1.807, 2.05) is 24.3 Å². The number of hydrogen-bond acceptors (Lipinski definition) is 3. The minimum absolute atomic E-state index is 0.0561. The molecule has 1 amide bonds. The van der Waals surface area contributed by atoms with Gasteiger partial charge in [0.15, 0.2) is 6.04 Å². The summed E-state index contributed by atoms with van der Waals surface area (Å²) in [6.45, 7) is 8.75. The third kappa shape index (κ3) is 9.25. The highest BCUT2D eigenvalue weighted by atomic mass is 16.4. The second-order valence-electron chi connectivity index (χ2n) is 8.60. The van der Waals surface area contributed by atoms with Crippen LogP contribution in [0.5, 0.6) is 0 Å². The van der Waals surface area contributed by atoms with Gasteiger partial charge in [0.1, 0.15) is 6.04 Å². The van der Waals surface area contributed by atoms with Crippen LogP contribution < -0.4 is 11.1 Å². The van der Waals surface area contributed by atoms with Crippen molar-refractivity contribution in [2.24, 2.45) is 5.41 Å². The normalized spacial score (nSPS) is 13.1. The fourth-order valence-corrected chi connectivity index (χ4v) is 2.42. The molecule has 2 rings (SSSR count). The first kappa shape index (κ1) is 24.2. The van der Waals surface area contributed by atoms with Gasteiger partial charge in [-0.2, -0.15) is 0 Å². The lowest BCUT2D eigenvalue weighted by Crippen LogP contribution is -2.65. The molecule has 2 aromatic rings. The monoisotopic (exact) mass is 406 g/mol. The molecule has 1 aromatic heterocycles. The number of carboxylic acids is 2. The SMILES string of the molecule is CC(C)(C)C.[NH3+][C@H](CCC(=O)N[C@H](Cc1c[nH]c2ccccc12)C(=O)O)C(=O)O. The number of aromatic nitrogens is 1. The number of carboxylic acid groups (broad SMARTS) is 2. The van der Waals surface area contributed by atoms with E-state index in [1.165, 1.54) is 0 Å². The number of hydrogen-bond donors (Lipinski definition) is 5. The summed E-state index contributed by atoms with van der Waals surface area (Å²) in [6.07, 6.45) is 1.83. The Kier molecular flexibility index (Phi) is 8.85. The average Bonchev–Trinajstić information content (AvgIpc) is 3.00. The molecule has 0 bridgehead atoms. The van der Waals surface area contributed by atoms with E-state index < -0.39 is 29.9 Å². The highest BCUT2D eigenvalue weighted by molar-refractivity contribution is 5.87. The van der Waals surface area contributed by atoms with Crippen LogP contribution in [0.2, 0.25) is 0 Å². The second kappa shape index (κ2) is 10.6. The zero-order valence-corrected chi connectivity index (χ0v) is 17.5. The third-order valence-electron chi connectivity index (χ3n) is 3.80. The third-order valence-corrected chi connectivity index (χ3v) is 3.80. The number of H-pyrrole nitrogens is 1. The van der Waals surface area contributed by atoms with Crippen LogP contribution in [-0.4, -0.2) is 45.1 Å². The van der Waals surface area contributed by atoms with Gasteiger partial charge in [-0.1, -0.05) is 45.9 Å². The molecule has 2 atom stereocenters. The Hall–Kier alpha value is -2.87. The van der Waals surface area contributed by atoms with Crippen LogP contribution in [0, 0.1) is 5.41 Å². The van der Waals surface area contributed by atoms with Gasteiger partial charge >= 0.3 is 11.9 Å². The highest BCUT2D eigenvalue weighted by Crippen LogP contribution is 2.19. The fraction of sp³-hybridized carbons (Fsp3) is 0.476. The summed E-state index contributed by atoms with van der Waals surface area (Å²) in [5.41, 5.74) is 5.60. The van der Waals surface area contributed by atoms with Crippen molar-refractivity contribution in [2.45, 2.75) is 59.0 Å². The number of quaternary nitrogens is 1. The summed E-state index contributed by atoms with van der Waals surface area (Å²) in [6, 6.07) is 5.51. The largest absolute Gasteiger partial charge is 0.480 e. The highest BCUT2D eigenvalue weighted by Gasteiger charge is 2.23. The first-order valence-electron chi connectivity index (χ1n) is 9.51. The molecular weight excluding hydrogens is 374 g/mol. The van der Waals surface area contributed by atoms with E-state index in [1.54, 1.807) is 6.20 Å². The van der Waals surface area contributed by atoms with Crippen LogP contribution in [-0.2, 0) is 20.8 Å². The van der Waals surface area contributed by atoms with E-state index in [9.17, 15) is 19.5 Å².